The molecule has 0 saturated heterocycles. The van der Waals surface area contributed by atoms with Gasteiger partial charge in [0.15, 0.2) is 5.82 Å². The fourth-order valence-electron chi connectivity index (χ4n) is 3.21. The summed E-state index contributed by atoms with van der Waals surface area (Å²) in [5.74, 6) is 0.677. The molecule has 1 amide bonds. The van der Waals surface area contributed by atoms with Crippen molar-refractivity contribution in [1.82, 2.24) is 15.3 Å². The summed E-state index contributed by atoms with van der Waals surface area (Å²) in [4.78, 5) is 21.5. The SMILES string of the molecule is O=C(NCCNc1nc(-c2ccc(Cl)cc2)nc2ccccc12)c1ccc(C(F)(F)F)cc1. The van der Waals surface area contributed by atoms with Crippen molar-refractivity contribution in [3.05, 3.63) is 88.9 Å². The number of carbonyl (C=O) groups excluding carboxylic acids is 1. The van der Waals surface area contributed by atoms with E-state index < -0.39 is 17.6 Å². The average molecular weight is 471 g/mol. The normalized spacial score (nSPS) is 11.4. The molecule has 4 rings (SSSR count). The van der Waals surface area contributed by atoms with Gasteiger partial charge < -0.3 is 10.6 Å². The lowest BCUT2D eigenvalue weighted by Crippen LogP contribution is -2.29. The second kappa shape index (κ2) is 9.46. The van der Waals surface area contributed by atoms with Crippen LogP contribution >= 0.6 is 11.6 Å². The third kappa shape index (κ3) is 5.40. The zero-order valence-electron chi connectivity index (χ0n) is 17.2. The smallest absolute Gasteiger partial charge is 0.368 e. The molecule has 9 heteroatoms. The molecule has 0 fully saturated rings. The topological polar surface area (TPSA) is 66.9 Å². The Morgan fingerprint density at radius 1 is 0.879 bits per heavy atom. The second-order valence-electron chi connectivity index (χ2n) is 7.18. The van der Waals surface area contributed by atoms with Gasteiger partial charge in [-0.3, -0.25) is 4.79 Å². The van der Waals surface area contributed by atoms with Crippen molar-refractivity contribution in [2.75, 3.05) is 18.4 Å². The molecule has 3 aromatic carbocycles. The molecule has 0 saturated carbocycles. The molecule has 0 aliphatic carbocycles. The molecule has 5 nitrogen and oxygen atoms in total. The molecule has 0 aliphatic rings. The minimum Gasteiger partial charge on any atom is -0.368 e. The van der Waals surface area contributed by atoms with Crippen LogP contribution in [0.3, 0.4) is 0 Å². The van der Waals surface area contributed by atoms with Crippen LogP contribution < -0.4 is 10.6 Å². The van der Waals surface area contributed by atoms with E-state index in [2.05, 4.69) is 20.6 Å². The van der Waals surface area contributed by atoms with Crippen molar-refractivity contribution >= 4 is 34.2 Å². The number of aromatic nitrogens is 2. The van der Waals surface area contributed by atoms with Crippen LogP contribution in [0.5, 0.6) is 0 Å². The van der Waals surface area contributed by atoms with Crippen LogP contribution in [0.25, 0.3) is 22.3 Å². The van der Waals surface area contributed by atoms with Gasteiger partial charge in [0, 0.05) is 34.6 Å². The fourth-order valence-corrected chi connectivity index (χ4v) is 3.33. The van der Waals surface area contributed by atoms with E-state index in [0.29, 0.717) is 23.2 Å². The molecular formula is C24H18ClF3N4O. The molecule has 0 atom stereocenters. The van der Waals surface area contributed by atoms with Crippen LogP contribution in [0.1, 0.15) is 15.9 Å². The first kappa shape index (κ1) is 22.5. The highest BCUT2D eigenvalue weighted by molar-refractivity contribution is 6.30. The van der Waals surface area contributed by atoms with Crippen molar-refractivity contribution in [3.8, 4) is 11.4 Å². The number of carbonyl (C=O) groups is 1. The fraction of sp³-hybridized carbons (Fsp3) is 0.125. The van der Waals surface area contributed by atoms with Gasteiger partial charge in [-0.05, 0) is 60.7 Å². The van der Waals surface area contributed by atoms with Gasteiger partial charge >= 0.3 is 6.18 Å². The highest BCUT2D eigenvalue weighted by Crippen LogP contribution is 2.29. The Morgan fingerprint density at radius 2 is 1.58 bits per heavy atom. The van der Waals surface area contributed by atoms with Crippen molar-refractivity contribution in [2.45, 2.75) is 6.18 Å². The molecule has 4 aromatic rings. The maximum Gasteiger partial charge on any atom is 0.416 e. The summed E-state index contributed by atoms with van der Waals surface area (Å²) in [5, 5.41) is 7.33. The maximum atomic E-state index is 12.7. The third-order valence-electron chi connectivity index (χ3n) is 4.88. The zero-order valence-corrected chi connectivity index (χ0v) is 17.9. The maximum absolute atomic E-state index is 12.7. The Labute approximate surface area is 192 Å². The summed E-state index contributed by atoms with van der Waals surface area (Å²) < 4.78 is 38.0. The van der Waals surface area contributed by atoms with E-state index in [-0.39, 0.29) is 12.1 Å². The van der Waals surface area contributed by atoms with Gasteiger partial charge in [-0.25, -0.2) is 9.97 Å². The number of anilines is 1. The number of alkyl halides is 3. The first-order valence-corrected chi connectivity index (χ1v) is 10.4. The predicted molar refractivity (Wildman–Crippen MR) is 122 cm³/mol. The zero-order chi connectivity index (χ0) is 23.4. The first-order chi connectivity index (χ1) is 15.8. The lowest BCUT2D eigenvalue weighted by Gasteiger charge is -2.12. The second-order valence-corrected chi connectivity index (χ2v) is 7.61. The Hall–Kier alpha value is -3.65. The number of para-hydroxylation sites is 1. The molecule has 0 aliphatic heterocycles. The third-order valence-corrected chi connectivity index (χ3v) is 5.14. The predicted octanol–water partition coefficient (Wildman–Crippen LogP) is 5.81. The van der Waals surface area contributed by atoms with Gasteiger partial charge in [0.25, 0.3) is 5.91 Å². The van der Waals surface area contributed by atoms with Crippen LogP contribution in [0.2, 0.25) is 5.02 Å². The standard InChI is InChI=1S/C24H18ClF3N4O/c25-18-11-7-15(8-12-18)21-31-20-4-2-1-3-19(20)22(32-21)29-13-14-30-23(33)16-5-9-17(10-6-16)24(26,27)28/h1-12H,13-14H2,(H,30,33)(H,29,31,32). The van der Waals surface area contributed by atoms with Crippen molar-refractivity contribution in [1.29, 1.82) is 0 Å². The summed E-state index contributed by atoms with van der Waals surface area (Å²) in [6.45, 7) is 0.599. The molecular weight excluding hydrogens is 453 g/mol. The average Bonchev–Trinajstić information content (AvgIpc) is 2.81. The monoisotopic (exact) mass is 470 g/mol. The Balaban J connectivity index is 1.43. The molecule has 1 heterocycles. The van der Waals surface area contributed by atoms with Crippen molar-refractivity contribution in [3.63, 3.8) is 0 Å². The number of hydrogen-bond acceptors (Lipinski definition) is 4. The van der Waals surface area contributed by atoms with E-state index in [1.807, 2.05) is 36.4 Å². The molecule has 0 radical (unpaired) electrons. The van der Waals surface area contributed by atoms with Gasteiger partial charge in [-0.1, -0.05) is 23.7 Å². The van der Waals surface area contributed by atoms with Crippen LogP contribution in [-0.2, 0) is 6.18 Å². The number of nitrogens with zero attached hydrogens (tertiary/aromatic N) is 2. The van der Waals surface area contributed by atoms with Crippen LogP contribution in [-0.4, -0.2) is 29.0 Å². The summed E-state index contributed by atoms with van der Waals surface area (Å²) >= 11 is 5.97. The summed E-state index contributed by atoms with van der Waals surface area (Å²) in [6.07, 6.45) is -4.44. The largest absolute Gasteiger partial charge is 0.416 e. The summed E-state index contributed by atoms with van der Waals surface area (Å²) in [6, 6.07) is 18.8. The molecule has 0 unspecified atom stereocenters. The molecule has 0 bridgehead atoms. The number of rotatable bonds is 6. The van der Waals surface area contributed by atoms with Gasteiger partial charge in [-0.15, -0.1) is 0 Å². The highest BCUT2D eigenvalue weighted by atomic mass is 35.5. The number of nitrogens with one attached hydrogen (secondary N) is 2. The number of halogens is 4. The van der Waals surface area contributed by atoms with E-state index in [4.69, 9.17) is 11.6 Å². The Kier molecular flexibility index (Phi) is 6.46. The summed E-state index contributed by atoms with van der Waals surface area (Å²) in [5.41, 5.74) is 0.922. The molecule has 1 aromatic heterocycles. The minimum absolute atomic E-state index is 0.153. The van der Waals surface area contributed by atoms with E-state index in [0.717, 1.165) is 40.7 Å². The van der Waals surface area contributed by atoms with Gasteiger partial charge in [-0.2, -0.15) is 13.2 Å². The molecule has 0 spiro atoms. The van der Waals surface area contributed by atoms with Crippen molar-refractivity contribution in [2.24, 2.45) is 0 Å². The lowest BCUT2D eigenvalue weighted by atomic mass is 10.1. The number of amides is 1. The highest BCUT2D eigenvalue weighted by Gasteiger charge is 2.30. The Morgan fingerprint density at radius 3 is 2.27 bits per heavy atom. The van der Waals surface area contributed by atoms with E-state index >= 15 is 0 Å². The van der Waals surface area contributed by atoms with Crippen LogP contribution in [0.4, 0.5) is 19.0 Å². The van der Waals surface area contributed by atoms with Crippen molar-refractivity contribution < 1.29 is 18.0 Å². The van der Waals surface area contributed by atoms with E-state index in [9.17, 15) is 18.0 Å². The van der Waals surface area contributed by atoms with E-state index in [1.54, 1.807) is 12.1 Å². The molecule has 2 N–H and O–H groups in total. The summed E-state index contributed by atoms with van der Waals surface area (Å²) in [7, 11) is 0. The number of hydrogen-bond donors (Lipinski definition) is 2. The molecule has 33 heavy (non-hydrogen) atoms. The van der Waals surface area contributed by atoms with E-state index in [1.165, 1.54) is 0 Å². The minimum atomic E-state index is -4.44. The molecule has 168 valence electrons. The number of fused-ring (bicyclic) bond motifs is 1. The first-order valence-electron chi connectivity index (χ1n) is 10.0. The van der Waals surface area contributed by atoms with Gasteiger partial charge in [0.1, 0.15) is 5.82 Å². The Bertz CT molecular complexity index is 1280. The van der Waals surface area contributed by atoms with Crippen LogP contribution in [0.15, 0.2) is 72.8 Å². The van der Waals surface area contributed by atoms with Gasteiger partial charge in [0.05, 0.1) is 11.1 Å². The van der Waals surface area contributed by atoms with Crippen LogP contribution in [0, 0.1) is 0 Å². The lowest BCUT2D eigenvalue weighted by molar-refractivity contribution is -0.137. The number of benzene rings is 3. The quantitative estimate of drug-likeness (QED) is 0.349. The van der Waals surface area contributed by atoms with Gasteiger partial charge in [0.2, 0.25) is 0 Å².